The van der Waals surface area contributed by atoms with Crippen LogP contribution in [0.1, 0.15) is 51.3 Å². The van der Waals surface area contributed by atoms with Crippen molar-refractivity contribution >= 4 is 40.1 Å². The number of rotatable bonds is 4. The van der Waals surface area contributed by atoms with E-state index in [1.54, 1.807) is 62.4 Å². The zero-order valence-corrected chi connectivity index (χ0v) is 24.4. The molecule has 0 radical (unpaired) electrons. The van der Waals surface area contributed by atoms with Crippen molar-refractivity contribution in [2.75, 3.05) is 36.1 Å². The monoisotopic (exact) mass is 569 g/mol. The van der Waals surface area contributed by atoms with Crippen LogP contribution in [-0.4, -0.2) is 65.4 Å². The maximum atomic E-state index is 13.7. The van der Waals surface area contributed by atoms with E-state index in [1.807, 2.05) is 32.9 Å². The molecule has 0 saturated carbocycles. The van der Waals surface area contributed by atoms with E-state index in [0.717, 1.165) is 15.6 Å². The third kappa shape index (κ3) is 7.53. The van der Waals surface area contributed by atoms with Crippen LogP contribution >= 0.6 is 11.3 Å². The predicted octanol–water partition coefficient (Wildman–Crippen LogP) is 5.55. The van der Waals surface area contributed by atoms with Crippen molar-refractivity contribution in [2.24, 2.45) is 0 Å². The smallest absolute Gasteiger partial charge is 0.427 e. The normalized spacial score (nSPS) is 14.1. The molecule has 0 aliphatic carbocycles. The van der Waals surface area contributed by atoms with Gasteiger partial charge in [0.05, 0.1) is 18.1 Å². The lowest BCUT2D eigenvalue weighted by molar-refractivity contribution is 0.0240. The molecular weight excluding hydrogens is 534 g/mol. The van der Waals surface area contributed by atoms with Gasteiger partial charge < -0.3 is 23.7 Å². The third-order valence-corrected chi connectivity index (χ3v) is 6.68. The molecule has 0 bridgehead atoms. The summed E-state index contributed by atoms with van der Waals surface area (Å²) in [6.45, 7) is 12.9. The molecule has 12 heteroatoms. The summed E-state index contributed by atoms with van der Waals surface area (Å²) in [5.74, 6) is 0.0969. The minimum absolute atomic E-state index is 0.184. The van der Waals surface area contributed by atoms with E-state index in [2.05, 4.69) is 15.3 Å². The molecule has 1 fully saturated rings. The number of amides is 3. The van der Waals surface area contributed by atoms with E-state index < -0.39 is 23.2 Å². The number of benzene rings is 1. The second kappa shape index (κ2) is 11.6. The van der Waals surface area contributed by atoms with E-state index in [9.17, 15) is 14.4 Å². The molecule has 1 N–H and O–H groups in total. The number of hydrogen-bond acceptors (Lipinski definition) is 9. The summed E-state index contributed by atoms with van der Waals surface area (Å²) in [5.41, 5.74) is 2.40. The number of nitrogens with one attached hydrogen (secondary N) is 1. The second-order valence-corrected chi connectivity index (χ2v) is 12.2. The lowest BCUT2D eigenvalue weighted by Gasteiger charge is -2.35. The van der Waals surface area contributed by atoms with Gasteiger partial charge >= 0.3 is 18.1 Å². The molecule has 0 spiro atoms. The van der Waals surface area contributed by atoms with Crippen LogP contribution in [0.4, 0.5) is 20.3 Å². The molecule has 0 unspecified atom stereocenters. The predicted molar refractivity (Wildman–Crippen MR) is 152 cm³/mol. The first-order valence-electron chi connectivity index (χ1n) is 13.0. The zero-order valence-electron chi connectivity index (χ0n) is 23.6. The number of aromatic nitrogens is 1. The Balaban J connectivity index is 1.51. The van der Waals surface area contributed by atoms with Crippen molar-refractivity contribution < 1.29 is 28.3 Å². The maximum absolute atomic E-state index is 13.7. The lowest BCUT2D eigenvalue weighted by Crippen LogP contribution is -2.50. The van der Waals surface area contributed by atoms with E-state index in [0.29, 0.717) is 37.6 Å². The summed E-state index contributed by atoms with van der Waals surface area (Å²) in [6.07, 6.45) is 2.08. The van der Waals surface area contributed by atoms with Crippen molar-refractivity contribution in [2.45, 2.75) is 52.7 Å². The molecule has 214 valence electrons. The number of ether oxygens (including phenoxy) is 2. The molecule has 1 saturated heterocycles. The molecule has 3 aromatic rings. The van der Waals surface area contributed by atoms with Gasteiger partial charge in [-0.3, -0.25) is 4.79 Å². The molecule has 3 amide bonds. The van der Waals surface area contributed by atoms with Crippen LogP contribution < -0.4 is 15.3 Å². The quantitative estimate of drug-likeness (QED) is 0.407. The topological polar surface area (TPSA) is 117 Å². The zero-order chi connectivity index (χ0) is 29.1. The number of thiazole rings is 1. The van der Waals surface area contributed by atoms with Gasteiger partial charge in [-0.25, -0.2) is 25.0 Å². The number of carbonyl (C=O) groups excluding carboxylic acids is 3. The van der Waals surface area contributed by atoms with Crippen molar-refractivity contribution in [3.8, 4) is 11.3 Å². The molecule has 2 aromatic heterocycles. The molecule has 1 aliphatic rings. The number of nitrogens with zero attached hydrogens (tertiary/aromatic N) is 4. The van der Waals surface area contributed by atoms with Crippen LogP contribution in [0, 0.1) is 0 Å². The van der Waals surface area contributed by atoms with Crippen molar-refractivity contribution in [1.82, 2.24) is 15.3 Å². The maximum Gasteiger partial charge on any atom is 0.427 e. The van der Waals surface area contributed by atoms with Crippen LogP contribution in [0.25, 0.3) is 11.3 Å². The summed E-state index contributed by atoms with van der Waals surface area (Å²) in [7, 11) is 0. The van der Waals surface area contributed by atoms with Gasteiger partial charge in [-0.05, 0) is 65.8 Å². The van der Waals surface area contributed by atoms with Crippen LogP contribution in [0.3, 0.4) is 0 Å². The third-order valence-electron chi connectivity index (χ3n) is 5.63. The fraction of sp³-hybridized carbons (Fsp3) is 0.429. The molecule has 1 aliphatic heterocycles. The minimum atomic E-state index is -0.778. The largest absolute Gasteiger partial charge is 0.464 e. The molecule has 0 atom stereocenters. The van der Waals surface area contributed by atoms with E-state index >= 15 is 0 Å². The van der Waals surface area contributed by atoms with Crippen LogP contribution in [0.2, 0.25) is 0 Å². The molecule has 40 heavy (non-hydrogen) atoms. The van der Waals surface area contributed by atoms with E-state index in [4.69, 9.17) is 13.9 Å². The van der Waals surface area contributed by atoms with Crippen LogP contribution in [-0.2, 0) is 9.47 Å². The molecule has 11 nitrogen and oxygen atoms in total. The standard InChI is InChI=1S/C28H35N5O6S/c1-27(2,3)38-25(35)30-33(20-10-7-9-19(17-20)21-11-8-16-37-21)24(34)23-29-18-22(40-23)31-12-14-32(15-13-31)26(36)39-28(4,5)6/h7-11,16-18H,12-15H2,1-6H3,(H,30,35). The van der Waals surface area contributed by atoms with Gasteiger partial charge in [-0.15, -0.1) is 0 Å². The van der Waals surface area contributed by atoms with E-state index in [1.165, 1.54) is 11.3 Å². The summed E-state index contributed by atoms with van der Waals surface area (Å²) in [6, 6.07) is 10.6. The second-order valence-electron chi connectivity index (χ2n) is 11.2. The molecular formula is C28H35N5O6S. The number of carbonyl (C=O) groups is 3. The highest BCUT2D eigenvalue weighted by Gasteiger charge is 2.29. The Kier molecular flexibility index (Phi) is 8.38. The fourth-order valence-electron chi connectivity index (χ4n) is 3.91. The van der Waals surface area contributed by atoms with E-state index in [-0.39, 0.29) is 11.1 Å². The van der Waals surface area contributed by atoms with Gasteiger partial charge in [0, 0.05) is 31.7 Å². The first-order valence-corrected chi connectivity index (χ1v) is 13.8. The van der Waals surface area contributed by atoms with Gasteiger partial charge in [0.1, 0.15) is 22.0 Å². The highest BCUT2D eigenvalue weighted by atomic mass is 32.1. The number of hydrogen-bond donors (Lipinski definition) is 1. The Morgan fingerprint density at radius 2 is 1.68 bits per heavy atom. The van der Waals surface area contributed by atoms with Crippen molar-refractivity contribution in [3.05, 3.63) is 53.9 Å². The van der Waals surface area contributed by atoms with Gasteiger partial charge in [0.15, 0.2) is 5.01 Å². The Labute approximate surface area is 237 Å². The number of anilines is 2. The number of furan rings is 1. The fourth-order valence-corrected chi connectivity index (χ4v) is 4.81. The molecule has 3 heterocycles. The van der Waals surface area contributed by atoms with Gasteiger partial charge in [0.25, 0.3) is 0 Å². The van der Waals surface area contributed by atoms with Gasteiger partial charge in [0.2, 0.25) is 0 Å². The summed E-state index contributed by atoms with van der Waals surface area (Å²) in [5, 5.41) is 2.10. The average Bonchev–Trinajstić information content (AvgIpc) is 3.58. The summed E-state index contributed by atoms with van der Waals surface area (Å²) >= 11 is 1.21. The molecule has 4 rings (SSSR count). The number of piperazine rings is 1. The summed E-state index contributed by atoms with van der Waals surface area (Å²) < 4.78 is 16.4. The first kappa shape index (κ1) is 28.9. The highest BCUT2D eigenvalue weighted by Crippen LogP contribution is 2.29. The molecule has 1 aromatic carbocycles. The van der Waals surface area contributed by atoms with Crippen molar-refractivity contribution in [1.29, 1.82) is 0 Å². The Bertz CT molecular complexity index is 1330. The SMILES string of the molecule is CC(C)(C)OC(=O)NN(C(=O)c1ncc(N2CCN(C(=O)OC(C)(C)C)CC2)s1)c1cccc(-c2ccco2)c1. The summed E-state index contributed by atoms with van der Waals surface area (Å²) in [4.78, 5) is 46.9. The van der Waals surface area contributed by atoms with Crippen LogP contribution in [0.15, 0.2) is 53.3 Å². The lowest BCUT2D eigenvalue weighted by atomic mass is 10.1. The highest BCUT2D eigenvalue weighted by molar-refractivity contribution is 7.17. The van der Waals surface area contributed by atoms with Gasteiger partial charge in [-0.2, -0.15) is 0 Å². The number of hydrazine groups is 1. The van der Waals surface area contributed by atoms with Gasteiger partial charge in [-0.1, -0.05) is 23.5 Å². The van der Waals surface area contributed by atoms with Crippen molar-refractivity contribution in [3.63, 3.8) is 0 Å². The Morgan fingerprint density at radius 1 is 0.975 bits per heavy atom. The van der Waals surface area contributed by atoms with Crippen LogP contribution in [0.5, 0.6) is 0 Å². The minimum Gasteiger partial charge on any atom is -0.464 e. The first-order chi connectivity index (χ1) is 18.8. The Morgan fingerprint density at radius 3 is 2.30 bits per heavy atom. The Hall–Kier alpha value is -4.06. The average molecular weight is 570 g/mol.